The molecule has 1 fully saturated rings. The predicted octanol–water partition coefficient (Wildman–Crippen LogP) is 3.88. The minimum Gasteiger partial charge on any atom is -0.488 e. The molecule has 2 aliphatic rings. The topological polar surface area (TPSA) is 61.2 Å². The maximum atomic E-state index is 14.0. The van der Waals surface area contributed by atoms with E-state index >= 15 is 0 Å². The molecule has 3 aromatic rings. The minimum absolute atomic E-state index is 0.293. The average Bonchev–Trinajstić information content (AvgIpc) is 3.07. The van der Waals surface area contributed by atoms with Gasteiger partial charge < -0.3 is 14.8 Å². The van der Waals surface area contributed by atoms with Crippen LogP contribution in [0.2, 0.25) is 0 Å². The molecular formula is C19H18F2N4O2. The van der Waals surface area contributed by atoms with Gasteiger partial charge in [0, 0.05) is 18.1 Å². The first kappa shape index (κ1) is 16.4. The van der Waals surface area contributed by atoms with Gasteiger partial charge in [-0.15, -0.1) is 0 Å². The standard InChI is InChI=1S/C19H18F2N4O2/c20-12-9-11-15(10-13(12)21)25(17-3-1-2-7-27-17)24-18(11)14-4-5-16-19(23-14)22-6-8-26-16/h4-5,9-10,17H,1-3,6-8H2,(H,22,23). The predicted molar refractivity (Wildman–Crippen MR) is 95.7 cm³/mol. The van der Waals surface area contributed by atoms with Gasteiger partial charge in [0.25, 0.3) is 0 Å². The van der Waals surface area contributed by atoms with E-state index in [1.54, 1.807) is 10.7 Å². The van der Waals surface area contributed by atoms with Gasteiger partial charge in [-0.25, -0.2) is 18.4 Å². The average molecular weight is 372 g/mol. The summed E-state index contributed by atoms with van der Waals surface area (Å²) in [6.07, 6.45) is 2.48. The minimum atomic E-state index is -0.910. The van der Waals surface area contributed by atoms with Crippen LogP contribution in [-0.2, 0) is 4.74 Å². The van der Waals surface area contributed by atoms with Crippen molar-refractivity contribution in [2.75, 3.05) is 25.1 Å². The number of aromatic nitrogens is 3. The molecule has 4 heterocycles. The van der Waals surface area contributed by atoms with E-state index in [2.05, 4.69) is 15.4 Å². The number of halogens is 2. The third-order valence-corrected chi connectivity index (χ3v) is 4.93. The summed E-state index contributed by atoms with van der Waals surface area (Å²) >= 11 is 0. The smallest absolute Gasteiger partial charge is 0.169 e. The van der Waals surface area contributed by atoms with Gasteiger partial charge in [-0.05, 0) is 37.5 Å². The van der Waals surface area contributed by atoms with Crippen molar-refractivity contribution in [3.8, 4) is 17.1 Å². The largest absolute Gasteiger partial charge is 0.488 e. The van der Waals surface area contributed by atoms with E-state index in [0.717, 1.165) is 19.3 Å². The maximum absolute atomic E-state index is 14.0. The molecule has 27 heavy (non-hydrogen) atoms. The Labute approximate surface area is 154 Å². The summed E-state index contributed by atoms with van der Waals surface area (Å²) in [6.45, 7) is 1.87. The molecule has 2 aromatic heterocycles. The summed E-state index contributed by atoms with van der Waals surface area (Å²) in [5, 5.41) is 8.33. The number of fused-ring (bicyclic) bond motifs is 2. The van der Waals surface area contributed by atoms with E-state index in [1.807, 2.05) is 6.07 Å². The van der Waals surface area contributed by atoms with Gasteiger partial charge in [0.2, 0.25) is 0 Å². The van der Waals surface area contributed by atoms with Gasteiger partial charge in [-0.1, -0.05) is 0 Å². The molecule has 1 unspecified atom stereocenters. The molecule has 8 heteroatoms. The van der Waals surface area contributed by atoms with Crippen molar-refractivity contribution in [1.29, 1.82) is 0 Å². The fourth-order valence-electron chi connectivity index (χ4n) is 3.61. The van der Waals surface area contributed by atoms with E-state index in [1.165, 1.54) is 12.1 Å². The van der Waals surface area contributed by atoms with Crippen LogP contribution < -0.4 is 10.1 Å². The Balaban J connectivity index is 1.68. The fourth-order valence-corrected chi connectivity index (χ4v) is 3.61. The lowest BCUT2D eigenvalue weighted by molar-refractivity contribution is -0.0365. The van der Waals surface area contributed by atoms with Crippen molar-refractivity contribution in [1.82, 2.24) is 14.8 Å². The van der Waals surface area contributed by atoms with Crippen LogP contribution in [0.1, 0.15) is 25.5 Å². The first-order valence-corrected chi connectivity index (χ1v) is 9.07. The number of ether oxygens (including phenoxy) is 2. The fraction of sp³-hybridized carbons (Fsp3) is 0.368. The summed E-state index contributed by atoms with van der Waals surface area (Å²) in [6, 6.07) is 5.95. The molecule has 1 N–H and O–H groups in total. The molecule has 6 nitrogen and oxygen atoms in total. The van der Waals surface area contributed by atoms with Crippen LogP contribution in [0.4, 0.5) is 14.6 Å². The zero-order chi connectivity index (χ0) is 18.4. The Morgan fingerprint density at radius 3 is 2.85 bits per heavy atom. The number of nitrogens with one attached hydrogen (secondary N) is 1. The zero-order valence-electron chi connectivity index (χ0n) is 14.5. The zero-order valence-corrected chi connectivity index (χ0v) is 14.5. The van der Waals surface area contributed by atoms with Crippen molar-refractivity contribution in [3.63, 3.8) is 0 Å². The highest BCUT2D eigenvalue weighted by Gasteiger charge is 2.24. The Hall–Kier alpha value is -2.74. The molecule has 0 radical (unpaired) electrons. The van der Waals surface area contributed by atoms with Gasteiger partial charge in [0.05, 0.1) is 17.8 Å². The van der Waals surface area contributed by atoms with Crippen LogP contribution in [-0.4, -0.2) is 34.5 Å². The van der Waals surface area contributed by atoms with Crippen molar-refractivity contribution >= 4 is 16.7 Å². The lowest BCUT2D eigenvalue weighted by Crippen LogP contribution is -2.19. The highest BCUT2D eigenvalue weighted by Crippen LogP contribution is 2.35. The molecular weight excluding hydrogens is 354 g/mol. The Bertz CT molecular complexity index is 1010. The number of benzene rings is 1. The molecule has 0 bridgehead atoms. The summed E-state index contributed by atoms with van der Waals surface area (Å²) in [5.41, 5.74) is 1.56. The van der Waals surface area contributed by atoms with Crippen LogP contribution in [0.15, 0.2) is 24.3 Å². The molecule has 0 saturated carbocycles. The SMILES string of the molecule is Fc1cc2c(-c3ccc4c(n3)NCCO4)nn(C3CCCCO3)c2cc1F. The Morgan fingerprint density at radius 2 is 2.00 bits per heavy atom. The van der Waals surface area contributed by atoms with E-state index in [9.17, 15) is 8.78 Å². The highest BCUT2D eigenvalue weighted by atomic mass is 19.2. The van der Waals surface area contributed by atoms with E-state index in [-0.39, 0.29) is 6.23 Å². The van der Waals surface area contributed by atoms with E-state index < -0.39 is 11.6 Å². The summed E-state index contributed by atoms with van der Waals surface area (Å²) in [7, 11) is 0. The first-order valence-electron chi connectivity index (χ1n) is 9.07. The van der Waals surface area contributed by atoms with Crippen molar-refractivity contribution in [3.05, 3.63) is 35.9 Å². The van der Waals surface area contributed by atoms with Gasteiger partial charge in [-0.3, -0.25) is 0 Å². The van der Waals surface area contributed by atoms with Crippen LogP contribution >= 0.6 is 0 Å². The van der Waals surface area contributed by atoms with Crippen molar-refractivity contribution < 1.29 is 18.3 Å². The number of nitrogens with zero attached hydrogens (tertiary/aromatic N) is 3. The highest BCUT2D eigenvalue weighted by molar-refractivity contribution is 5.93. The molecule has 1 aromatic carbocycles. The summed E-state index contributed by atoms with van der Waals surface area (Å²) in [4.78, 5) is 4.58. The quantitative estimate of drug-likeness (QED) is 0.740. The van der Waals surface area contributed by atoms with Gasteiger partial charge in [0.15, 0.2) is 29.4 Å². The second-order valence-electron chi connectivity index (χ2n) is 6.72. The number of rotatable bonds is 2. The molecule has 1 atom stereocenters. The van der Waals surface area contributed by atoms with E-state index in [4.69, 9.17) is 9.47 Å². The molecule has 5 rings (SSSR count). The van der Waals surface area contributed by atoms with Gasteiger partial charge >= 0.3 is 0 Å². The normalized spacial score (nSPS) is 19.4. The molecule has 0 spiro atoms. The Morgan fingerprint density at radius 1 is 1.11 bits per heavy atom. The van der Waals surface area contributed by atoms with Gasteiger partial charge in [0.1, 0.15) is 12.3 Å². The van der Waals surface area contributed by atoms with E-state index in [0.29, 0.717) is 53.6 Å². The third kappa shape index (κ3) is 2.80. The van der Waals surface area contributed by atoms with Crippen LogP contribution in [0, 0.1) is 11.6 Å². The molecule has 140 valence electrons. The van der Waals surface area contributed by atoms with Crippen molar-refractivity contribution in [2.24, 2.45) is 0 Å². The molecule has 2 aliphatic heterocycles. The monoisotopic (exact) mass is 372 g/mol. The van der Waals surface area contributed by atoms with Crippen LogP contribution in [0.3, 0.4) is 0 Å². The van der Waals surface area contributed by atoms with Crippen molar-refractivity contribution in [2.45, 2.75) is 25.5 Å². The maximum Gasteiger partial charge on any atom is 0.169 e. The Kier molecular flexibility index (Phi) is 3.93. The molecule has 1 saturated heterocycles. The molecule has 0 amide bonds. The number of anilines is 1. The molecule has 0 aliphatic carbocycles. The second-order valence-corrected chi connectivity index (χ2v) is 6.72. The van der Waals surface area contributed by atoms with Crippen LogP contribution in [0.25, 0.3) is 22.3 Å². The lowest BCUT2D eigenvalue weighted by atomic mass is 10.1. The number of hydrogen-bond acceptors (Lipinski definition) is 5. The third-order valence-electron chi connectivity index (χ3n) is 4.93. The lowest BCUT2D eigenvalue weighted by Gasteiger charge is -2.23. The number of pyridine rings is 1. The number of hydrogen-bond donors (Lipinski definition) is 1. The summed E-state index contributed by atoms with van der Waals surface area (Å²) < 4.78 is 40.9. The first-order chi connectivity index (χ1) is 13.2. The van der Waals surface area contributed by atoms with Gasteiger partial charge in [-0.2, -0.15) is 5.10 Å². The summed E-state index contributed by atoms with van der Waals surface area (Å²) in [5.74, 6) is -0.522. The second kappa shape index (κ2) is 6.45. The van der Waals surface area contributed by atoms with Crippen LogP contribution in [0.5, 0.6) is 5.75 Å².